The molecule has 140 valence electrons. The highest BCUT2D eigenvalue weighted by Crippen LogP contribution is 2.65. The van der Waals surface area contributed by atoms with Crippen LogP contribution < -0.4 is 0 Å². The number of aliphatic hydroxyl groups is 1. The lowest BCUT2D eigenvalue weighted by atomic mass is 9.52. The van der Waals surface area contributed by atoms with E-state index in [1.807, 2.05) is 6.08 Å². The van der Waals surface area contributed by atoms with Gasteiger partial charge in [-0.1, -0.05) is 17.7 Å². The number of allylic oxidation sites excluding steroid dienone is 2. The molecule has 2 fully saturated rings. The second-order valence-electron chi connectivity index (χ2n) is 8.51. The Kier molecular flexibility index (Phi) is 3.63. The van der Waals surface area contributed by atoms with Gasteiger partial charge < -0.3 is 19.5 Å². The third-order valence-electron chi connectivity index (χ3n) is 7.17. The Morgan fingerprint density at radius 2 is 2.27 bits per heavy atom. The molecule has 0 aromatic heterocycles. The average Bonchev–Trinajstić information content (AvgIpc) is 2.96. The van der Waals surface area contributed by atoms with Crippen LogP contribution in [0.2, 0.25) is 0 Å². The number of ketones is 1. The summed E-state index contributed by atoms with van der Waals surface area (Å²) in [5.41, 5.74) is 2.73. The van der Waals surface area contributed by atoms with E-state index in [2.05, 4.69) is 18.0 Å². The summed E-state index contributed by atoms with van der Waals surface area (Å²) >= 11 is 0. The molecule has 5 aliphatic rings. The van der Waals surface area contributed by atoms with Gasteiger partial charge in [0.25, 0.3) is 0 Å². The summed E-state index contributed by atoms with van der Waals surface area (Å²) < 4.78 is 12.4. The average molecular weight is 357 g/mol. The second-order valence-corrected chi connectivity index (χ2v) is 8.51. The maximum absolute atomic E-state index is 11.3. The van der Waals surface area contributed by atoms with Crippen molar-refractivity contribution in [3.05, 3.63) is 34.8 Å². The number of ether oxygens (including phenoxy) is 2. The zero-order valence-electron chi connectivity index (χ0n) is 15.5. The summed E-state index contributed by atoms with van der Waals surface area (Å²) in [4.78, 5) is 13.7. The molecule has 2 saturated heterocycles. The van der Waals surface area contributed by atoms with E-state index in [1.54, 1.807) is 6.92 Å². The molecule has 0 saturated carbocycles. The van der Waals surface area contributed by atoms with Crippen molar-refractivity contribution in [3.63, 3.8) is 0 Å². The largest absolute Gasteiger partial charge is 0.494 e. The number of carbonyl (C=O) groups excluding carboxylic acids is 1. The monoisotopic (exact) mass is 357 g/mol. The smallest absolute Gasteiger partial charge is 0.161 e. The van der Waals surface area contributed by atoms with Crippen molar-refractivity contribution >= 4 is 5.78 Å². The Hall–Kier alpha value is -1.59. The Bertz CT molecular complexity index is 751. The SMILES string of the molecule is CC(=O)CCOC1=C2O[C@H]3[C@@H](O)C=C[C@H]4[C@H]5CC(=C2[C@]43CCN5C)CC1. The van der Waals surface area contributed by atoms with Gasteiger partial charge in [0.2, 0.25) is 0 Å². The lowest BCUT2D eigenvalue weighted by Gasteiger charge is -2.56. The van der Waals surface area contributed by atoms with Crippen molar-refractivity contribution in [1.82, 2.24) is 4.90 Å². The molecular formula is C21H27NO4. The quantitative estimate of drug-likeness (QED) is 0.783. The first-order valence-corrected chi connectivity index (χ1v) is 9.84. The first kappa shape index (κ1) is 16.6. The van der Waals surface area contributed by atoms with Crippen LogP contribution in [0.5, 0.6) is 0 Å². The van der Waals surface area contributed by atoms with Gasteiger partial charge >= 0.3 is 0 Å². The van der Waals surface area contributed by atoms with Crippen LogP contribution in [0, 0.1) is 11.3 Å². The molecule has 5 heteroatoms. The van der Waals surface area contributed by atoms with Gasteiger partial charge in [-0.2, -0.15) is 0 Å². The van der Waals surface area contributed by atoms with Crippen LogP contribution >= 0.6 is 0 Å². The third-order valence-corrected chi connectivity index (χ3v) is 7.17. The highest BCUT2D eigenvalue weighted by Gasteiger charge is 2.65. The molecular weight excluding hydrogens is 330 g/mol. The van der Waals surface area contributed by atoms with E-state index in [0.717, 1.165) is 43.7 Å². The van der Waals surface area contributed by atoms with Crippen molar-refractivity contribution < 1.29 is 19.4 Å². The summed E-state index contributed by atoms with van der Waals surface area (Å²) in [6.07, 6.45) is 7.75. The van der Waals surface area contributed by atoms with Gasteiger partial charge in [0.05, 0.1) is 6.61 Å². The summed E-state index contributed by atoms with van der Waals surface area (Å²) in [5.74, 6) is 2.30. The zero-order valence-corrected chi connectivity index (χ0v) is 15.5. The molecule has 2 bridgehead atoms. The molecule has 26 heavy (non-hydrogen) atoms. The molecule has 1 spiro atoms. The number of hydrogen-bond donors (Lipinski definition) is 1. The van der Waals surface area contributed by atoms with Crippen LogP contribution in [0.15, 0.2) is 34.8 Å². The summed E-state index contributed by atoms with van der Waals surface area (Å²) in [5, 5.41) is 10.7. The van der Waals surface area contributed by atoms with Crippen molar-refractivity contribution in [2.24, 2.45) is 11.3 Å². The van der Waals surface area contributed by atoms with Crippen molar-refractivity contribution in [1.29, 1.82) is 0 Å². The highest BCUT2D eigenvalue weighted by molar-refractivity contribution is 5.75. The van der Waals surface area contributed by atoms with Gasteiger partial charge in [0.1, 0.15) is 23.8 Å². The molecule has 1 N–H and O–H groups in total. The molecule has 0 amide bonds. The summed E-state index contributed by atoms with van der Waals surface area (Å²) in [7, 11) is 2.22. The first-order valence-electron chi connectivity index (χ1n) is 9.84. The molecule has 5 nitrogen and oxygen atoms in total. The molecule has 2 aliphatic heterocycles. The molecule has 0 radical (unpaired) electrons. The zero-order chi connectivity index (χ0) is 18.1. The number of rotatable bonds is 4. The number of carbonyl (C=O) groups is 1. The van der Waals surface area contributed by atoms with Gasteiger partial charge in [-0.15, -0.1) is 0 Å². The van der Waals surface area contributed by atoms with Crippen molar-refractivity contribution in [2.75, 3.05) is 20.2 Å². The fraction of sp³-hybridized carbons (Fsp3) is 0.667. The fourth-order valence-electron chi connectivity index (χ4n) is 5.98. The normalized spacial score (nSPS) is 40.4. The van der Waals surface area contributed by atoms with E-state index < -0.39 is 6.10 Å². The van der Waals surface area contributed by atoms with E-state index in [9.17, 15) is 9.90 Å². The molecule has 0 aromatic rings. The Labute approximate surface area is 154 Å². The number of hydrogen-bond acceptors (Lipinski definition) is 5. The second kappa shape index (κ2) is 5.70. The van der Waals surface area contributed by atoms with Crippen LogP contribution in [0.1, 0.15) is 39.0 Å². The number of piperidine rings is 1. The Morgan fingerprint density at radius 3 is 3.08 bits per heavy atom. The lowest BCUT2D eigenvalue weighted by Crippen LogP contribution is -2.61. The number of aliphatic hydroxyl groups excluding tert-OH is 1. The van der Waals surface area contributed by atoms with Gasteiger partial charge in [0.15, 0.2) is 5.76 Å². The van der Waals surface area contributed by atoms with E-state index in [1.165, 1.54) is 11.1 Å². The number of likely N-dealkylation sites (tertiary alicyclic amines) is 1. The van der Waals surface area contributed by atoms with Gasteiger partial charge in [-0.3, -0.25) is 4.79 Å². The molecule has 3 aliphatic carbocycles. The maximum Gasteiger partial charge on any atom is 0.161 e. The summed E-state index contributed by atoms with van der Waals surface area (Å²) in [6, 6.07) is 0.497. The minimum absolute atomic E-state index is 0.107. The van der Waals surface area contributed by atoms with E-state index in [-0.39, 0.29) is 17.3 Å². The molecule has 5 rings (SSSR count). The first-order chi connectivity index (χ1) is 12.5. The molecule has 0 aromatic carbocycles. The lowest BCUT2D eigenvalue weighted by molar-refractivity contribution is -0.117. The van der Waals surface area contributed by atoms with Crippen LogP contribution in [0.4, 0.5) is 0 Å². The predicted octanol–water partition coefficient (Wildman–Crippen LogP) is 2.32. The third kappa shape index (κ3) is 2.07. The van der Waals surface area contributed by atoms with Crippen LogP contribution in [0.3, 0.4) is 0 Å². The van der Waals surface area contributed by atoms with E-state index >= 15 is 0 Å². The number of Topliss-reactive ketones (excluding diaryl/α,β-unsaturated/α-hetero) is 1. The van der Waals surface area contributed by atoms with E-state index in [4.69, 9.17) is 9.47 Å². The fourth-order valence-corrected chi connectivity index (χ4v) is 5.98. The Balaban J connectivity index is 1.59. The van der Waals surface area contributed by atoms with Gasteiger partial charge in [0, 0.05) is 35.8 Å². The van der Waals surface area contributed by atoms with Gasteiger partial charge in [-0.05, 0) is 39.8 Å². The predicted molar refractivity (Wildman–Crippen MR) is 96.1 cm³/mol. The van der Waals surface area contributed by atoms with Gasteiger partial charge in [-0.25, -0.2) is 0 Å². The highest BCUT2D eigenvalue weighted by atomic mass is 16.5. The maximum atomic E-state index is 11.3. The number of nitrogens with zero attached hydrogens (tertiary/aromatic N) is 1. The molecule has 0 unspecified atom stereocenters. The molecule has 5 atom stereocenters. The Morgan fingerprint density at radius 1 is 1.42 bits per heavy atom. The minimum atomic E-state index is -0.571. The van der Waals surface area contributed by atoms with Crippen molar-refractivity contribution in [2.45, 2.75) is 57.3 Å². The van der Waals surface area contributed by atoms with E-state index in [0.29, 0.717) is 25.0 Å². The standard InChI is InChI=1S/C21H27NO4/c1-12(23)7-10-25-17-6-3-13-11-15-14-4-5-16(24)20-21(14,8-9-22(15)2)18(13)19(17)26-20/h4-5,14-16,20,24H,3,6-11H2,1-2H3/t14-,15+,16-,20-,21-/m0/s1. The van der Waals surface area contributed by atoms with Crippen molar-refractivity contribution in [3.8, 4) is 0 Å². The summed E-state index contributed by atoms with van der Waals surface area (Å²) in [6.45, 7) is 3.04. The molecule has 2 heterocycles. The van der Waals surface area contributed by atoms with Crippen LogP contribution in [-0.4, -0.2) is 54.2 Å². The van der Waals surface area contributed by atoms with Crippen LogP contribution in [0.25, 0.3) is 0 Å². The van der Waals surface area contributed by atoms with Crippen LogP contribution in [-0.2, 0) is 14.3 Å². The topological polar surface area (TPSA) is 59.0 Å². The minimum Gasteiger partial charge on any atom is -0.494 e.